The van der Waals surface area contributed by atoms with Gasteiger partial charge in [0.05, 0.1) is 11.6 Å². The van der Waals surface area contributed by atoms with E-state index in [4.69, 9.17) is 10.6 Å². The molecule has 1 aromatic heterocycles. The lowest BCUT2D eigenvalue weighted by molar-refractivity contribution is -0.0836. The number of aryl methyl sites for hydroxylation is 1. The molecule has 0 amide bonds. The molecule has 0 aliphatic heterocycles. The summed E-state index contributed by atoms with van der Waals surface area (Å²) in [5, 5.41) is 2.12. The SMILES string of the molecule is COC1(CC(NN)c2sccc2C)CCC1. The van der Waals surface area contributed by atoms with Crippen LogP contribution in [0.4, 0.5) is 0 Å². The van der Waals surface area contributed by atoms with Crippen molar-refractivity contribution in [2.45, 2.75) is 44.2 Å². The first-order valence-corrected chi connectivity index (χ1v) is 6.64. The largest absolute Gasteiger partial charge is 0.378 e. The van der Waals surface area contributed by atoms with E-state index in [0.717, 1.165) is 19.3 Å². The molecule has 0 radical (unpaired) electrons. The third kappa shape index (κ3) is 2.15. The quantitative estimate of drug-likeness (QED) is 0.614. The maximum atomic E-state index is 5.67. The molecule has 1 aliphatic rings. The monoisotopic (exact) mass is 240 g/mol. The molecule has 0 aromatic carbocycles. The van der Waals surface area contributed by atoms with Crippen LogP contribution in [0.15, 0.2) is 11.4 Å². The molecular formula is C12H20N2OS. The number of hydrogen-bond acceptors (Lipinski definition) is 4. The molecule has 0 bridgehead atoms. The standard InChI is InChI=1S/C12H20N2OS/c1-9-4-7-16-11(9)10(14-13)8-12(15-2)5-3-6-12/h4,7,10,14H,3,5-6,8,13H2,1-2H3. The minimum absolute atomic E-state index is 0.0630. The van der Waals surface area contributed by atoms with Gasteiger partial charge in [-0.25, -0.2) is 0 Å². The summed E-state index contributed by atoms with van der Waals surface area (Å²) in [6, 6.07) is 2.37. The van der Waals surface area contributed by atoms with Crippen molar-refractivity contribution in [1.82, 2.24) is 5.43 Å². The molecular weight excluding hydrogens is 220 g/mol. The normalized spacial score (nSPS) is 20.4. The number of nitrogens with two attached hydrogens (primary N) is 1. The van der Waals surface area contributed by atoms with Crippen LogP contribution < -0.4 is 11.3 Å². The zero-order valence-corrected chi connectivity index (χ0v) is 10.8. The molecule has 1 heterocycles. The Bertz CT molecular complexity index is 341. The molecule has 1 aliphatic carbocycles. The Balaban J connectivity index is 2.09. The van der Waals surface area contributed by atoms with E-state index in [1.165, 1.54) is 16.9 Å². The summed E-state index contributed by atoms with van der Waals surface area (Å²) in [6.07, 6.45) is 4.56. The molecule has 16 heavy (non-hydrogen) atoms. The van der Waals surface area contributed by atoms with Crippen molar-refractivity contribution in [3.05, 3.63) is 21.9 Å². The van der Waals surface area contributed by atoms with Crippen molar-refractivity contribution >= 4 is 11.3 Å². The van der Waals surface area contributed by atoms with Crippen molar-refractivity contribution in [3.63, 3.8) is 0 Å². The number of nitrogens with one attached hydrogen (secondary N) is 1. The summed E-state index contributed by atoms with van der Waals surface area (Å²) in [5.41, 5.74) is 4.31. The van der Waals surface area contributed by atoms with Crippen LogP contribution in [0.1, 0.15) is 42.2 Å². The molecule has 1 aromatic rings. The van der Waals surface area contributed by atoms with Crippen LogP contribution >= 0.6 is 11.3 Å². The summed E-state index contributed by atoms with van der Waals surface area (Å²) in [5.74, 6) is 5.67. The van der Waals surface area contributed by atoms with Crippen LogP contribution in [0.5, 0.6) is 0 Å². The third-order valence-electron chi connectivity index (χ3n) is 3.69. The lowest BCUT2D eigenvalue weighted by Gasteiger charge is -2.42. The first kappa shape index (κ1) is 12.0. The predicted octanol–water partition coefficient (Wildman–Crippen LogP) is 2.52. The van der Waals surface area contributed by atoms with Gasteiger partial charge in [0.25, 0.3) is 0 Å². The second-order valence-corrected chi connectivity index (χ2v) is 5.58. The van der Waals surface area contributed by atoms with E-state index >= 15 is 0 Å². The average Bonchev–Trinajstić information content (AvgIpc) is 2.65. The number of ether oxygens (including phenoxy) is 1. The van der Waals surface area contributed by atoms with Crippen molar-refractivity contribution in [2.24, 2.45) is 5.84 Å². The van der Waals surface area contributed by atoms with Crippen LogP contribution in [-0.2, 0) is 4.74 Å². The van der Waals surface area contributed by atoms with Crippen LogP contribution in [0.3, 0.4) is 0 Å². The molecule has 1 atom stereocenters. The van der Waals surface area contributed by atoms with Crippen molar-refractivity contribution in [1.29, 1.82) is 0 Å². The van der Waals surface area contributed by atoms with Gasteiger partial charge >= 0.3 is 0 Å². The summed E-state index contributed by atoms with van der Waals surface area (Å²) >= 11 is 1.77. The van der Waals surface area contributed by atoms with Crippen molar-refractivity contribution in [3.8, 4) is 0 Å². The molecule has 1 unspecified atom stereocenters. The smallest absolute Gasteiger partial charge is 0.0697 e. The van der Waals surface area contributed by atoms with Gasteiger partial charge in [-0.15, -0.1) is 11.3 Å². The van der Waals surface area contributed by atoms with Gasteiger partial charge in [-0.2, -0.15) is 0 Å². The van der Waals surface area contributed by atoms with Crippen LogP contribution in [0.25, 0.3) is 0 Å². The molecule has 0 spiro atoms. The summed E-state index contributed by atoms with van der Waals surface area (Å²) < 4.78 is 5.65. The minimum Gasteiger partial charge on any atom is -0.378 e. The van der Waals surface area contributed by atoms with E-state index in [1.54, 1.807) is 11.3 Å². The average molecular weight is 240 g/mol. The number of methoxy groups -OCH3 is 1. The van der Waals surface area contributed by atoms with Crippen molar-refractivity contribution < 1.29 is 4.74 Å². The van der Waals surface area contributed by atoms with Gasteiger partial charge in [0.2, 0.25) is 0 Å². The highest BCUT2D eigenvalue weighted by atomic mass is 32.1. The summed E-state index contributed by atoms with van der Waals surface area (Å²) in [7, 11) is 1.81. The second kappa shape index (κ2) is 4.84. The molecule has 1 fully saturated rings. The van der Waals surface area contributed by atoms with Gasteiger partial charge in [0.1, 0.15) is 0 Å². The highest BCUT2D eigenvalue weighted by Gasteiger charge is 2.39. The van der Waals surface area contributed by atoms with E-state index in [0.29, 0.717) is 0 Å². The van der Waals surface area contributed by atoms with E-state index in [9.17, 15) is 0 Å². The Morgan fingerprint density at radius 3 is 2.75 bits per heavy atom. The molecule has 90 valence electrons. The van der Waals surface area contributed by atoms with Gasteiger partial charge in [0.15, 0.2) is 0 Å². The number of thiophene rings is 1. The fourth-order valence-corrected chi connectivity index (χ4v) is 3.39. The van der Waals surface area contributed by atoms with Crippen LogP contribution in [0, 0.1) is 6.92 Å². The fourth-order valence-electron chi connectivity index (χ4n) is 2.40. The Hall–Kier alpha value is -0.420. The Labute approximate surface area is 101 Å². The first-order valence-electron chi connectivity index (χ1n) is 5.76. The van der Waals surface area contributed by atoms with E-state index in [1.807, 2.05) is 7.11 Å². The first-order chi connectivity index (χ1) is 7.71. The van der Waals surface area contributed by atoms with E-state index in [2.05, 4.69) is 23.8 Å². The highest BCUT2D eigenvalue weighted by molar-refractivity contribution is 7.10. The Morgan fingerprint density at radius 1 is 1.62 bits per heavy atom. The zero-order chi connectivity index (χ0) is 11.6. The molecule has 2 rings (SSSR count). The minimum atomic E-state index is 0.0630. The van der Waals surface area contributed by atoms with Gasteiger partial charge in [-0.1, -0.05) is 0 Å². The number of hydrogen-bond donors (Lipinski definition) is 2. The fraction of sp³-hybridized carbons (Fsp3) is 0.667. The number of rotatable bonds is 5. The predicted molar refractivity (Wildman–Crippen MR) is 67.3 cm³/mol. The van der Waals surface area contributed by atoms with Gasteiger partial charge in [-0.3, -0.25) is 11.3 Å². The zero-order valence-electron chi connectivity index (χ0n) is 9.95. The van der Waals surface area contributed by atoms with Crippen LogP contribution in [-0.4, -0.2) is 12.7 Å². The van der Waals surface area contributed by atoms with Crippen molar-refractivity contribution in [2.75, 3.05) is 7.11 Å². The maximum Gasteiger partial charge on any atom is 0.0697 e. The van der Waals surface area contributed by atoms with Gasteiger partial charge in [0, 0.05) is 12.0 Å². The third-order valence-corrected chi connectivity index (χ3v) is 4.83. The molecule has 0 saturated heterocycles. The summed E-state index contributed by atoms with van der Waals surface area (Å²) in [4.78, 5) is 1.34. The molecule has 3 N–H and O–H groups in total. The van der Waals surface area contributed by atoms with E-state index < -0.39 is 0 Å². The Kier molecular flexibility index (Phi) is 3.64. The van der Waals surface area contributed by atoms with Gasteiger partial charge < -0.3 is 4.74 Å². The lowest BCUT2D eigenvalue weighted by Crippen LogP contribution is -2.44. The van der Waals surface area contributed by atoms with Gasteiger partial charge in [-0.05, 0) is 49.6 Å². The topological polar surface area (TPSA) is 47.3 Å². The molecule has 4 heteroatoms. The van der Waals surface area contributed by atoms with Crippen LogP contribution in [0.2, 0.25) is 0 Å². The maximum absolute atomic E-state index is 5.67. The molecule has 1 saturated carbocycles. The lowest BCUT2D eigenvalue weighted by atomic mass is 9.75. The Morgan fingerprint density at radius 2 is 2.38 bits per heavy atom. The van der Waals surface area contributed by atoms with E-state index in [-0.39, 0.29) is 11.6 Å². The highest BCUT2D eigenvalue weighted by Crippen LogP contribution is 2.42. The second-order valence-electron chi connectivity index (χ2n) is 4.63. The summed E-state index contributed by atoms with van der Waals surface area (Å²) in [6.45, 7) is 2.14. The number of hydrazine groups is 1. The molecule has 3 nitrogen and oxygen atoms in total.